The smallest absolute Gasteiger partial charge is 0.482 e. The van der Waals surface area contributed by atoms with Gasteiger partial charge in [0.2, 0.25) is 0 Å². The van der Waals surface area contributed by atoms with E-state index in [9.17, 15) is 18.0 Å². The highest BCUT2D eigenvalue weighted by Crippen LogP contribution is 2.36. The van der Waals surface area contributed by atoms with Gasteiger partial charge in [-0.2, -0.15) is 0 Å². The quantitative estimate of drug-likeness (QED) is 0.409. The average molecular weight is 466 g/mol. The molecule has 0 aliphatic rings. The molecular weight excluding hydrogens is 447 g/mol. The molecule has 5 nitrogen and oxygen atoms in total. The molecule has 9 heteroatoms. The molecule has 0 aliphatic heterocycles. The predicted molar refractivity (Wildman–Crippen MR) is 115 cm³/mol. The molecule has 3 aromatic carbocycles. The Balaban J connectivity index is 1.71. The number of halogens is 4. The van der Waals surface area contributed by atoms with E-state index < -0.39 is 18.9 Å². The van der Waals surface area contributed by atoms with Crippen LogP contribution in [0, 0.1) is 6.92 Å². The molecule has 3 aromatic rings. The molecule has 0 saturated heterocycles. The molecule has 0 heterocycles. The van der Waals surface area contributed by atoms with Crippen LogP contribution in [0.15, 0.2) is 60.7 Å². The second-order valence-corrected chi connectivity index (χ2v) is 7.31. The number of hydrogen-bond donors (Lipinski definition) is 2. The Bertz CT molecular complexity index is 1080. The molecule has 0 saturated carbocycles. The summed E-state index contributed by atoms with van der Waals surface area (Å²) in [6, 6.07) is 16.8. The first kappa shape index (κ1) is 23.3. The van der Waals surface area contributed by atoms with Crippen LogP contribution < -0.4 is 14.8 Å². The summed E-state index contributed by atoms with van der Waals surface area (Å²) >= 11 is 6.27. The van der Waals surface area contributed by atoms with Crippen molar-refractivity contribution >= 4 is 23.3 Å². The number of anilines is 1. The van der Waals surface area contributed by atoms with E-state index in [4.69, 9.17) is 21.4 Å². The third kappa shape index (κ3) is 6.55. The van der Waals surface area contributed by atoms with Gasteiger partial charge >= 0.3 is 12.3 Å². The number of hydrogen-bond acceptors (Lipinski definition) is 4. The summed E-state index contributed by atoms with van der Waals surface area (Å²) in [5.74, 6) is -0.967. The first-order chi connectivity index (χ1) is 15.1. The number of ether oxygens (including phenoxy) is 2. The highest BCUT2D eigenvalue weighted by molar-refractivity contribution is 6.33. The van der Waals surface area contributed by atoms with Crippen LogP contribution >= 0.6 is 11.6 Å². The van der Waals surface area contributed by atoms with Gasteiger partial charge in [-0.25, -0.2) is 4.79 Å². The van der Waals surface area contributed by atoms with Crippen molar-refractivity contribution in [3.8, 4) is 22.6 Å². The fraction of sp³-hybridized carbons (Fsp3) is 0.174. The van der Waals surface area contributed by atoms with Crippen molar-refractivity contribution in [2.45, 2.75) is 19.8 Å². The fourth-order valence-corrected chi connectivity index (χ4v) is 3.49. The topological polar surface area (TPSA) is 67.8 Å². The number of benzene rings is 3. The minimum Gasteiger partial charge on any atom is -0.482 e. The molecule has 0 amide bonds. The summed E-state index contributed by atoms with van der Waals surface area (Å²) in [6.45, 7) is 1.74. The second-order valence-electron chi connectivity index (χ2n) is 6.91. The van der Waals surface area contributed by atoms with E-state index in [0.29, 0.717) is 23.4 Å². The van der Waals surface area contributed by atoms with Crippen molar-refractivity contribution in [3.05, 3.63) is 76.8 Å². The van der Waals surface area contributed by atoms with Gasteiger partial charge in [0, 0.05) is 17.8 Å². The summed E-state index contributed by atoms with van der Waals surface area (Å²) in [4.78, 5) is 10.5. The third-order valence-corrected chi connectivity index (χ3v) is 4.72. The van der Waals surface area contributed by atoms with Crippen molar-refractivity contribution in [3.63, 3.8) is 0 Å². The number of carboxylic acids is 1. The Labute approximate surface area is 187 Å². The van der Waals surface area contributed by atoms with Crippen LogP contribution in [0.1, 0.15) is 11.1 Å². The molecule has 0 aromatic heterocycles. The van der Waals surface area contributed by atoms with E-state index in [2.05, 4.69) is 10.1 Å². The Morgan fingerprint density at radius 3 is 2.41 bits per heavy atom. The molecule has 2 N–H and O–H groups in total. The summed E-state index contributed by atoms with van der Waals surface area (Å²) < 4.78 is 46.6. The van der Waals surface area contributed by atoms with Crippen LogP contribution in [-0.4, -0.2) is 24.0 Å². The Kier molecular flexibility index (Phi) is 7.15. The predicted octanol–water partition coefficient (Wildman–Crippen LogP) is 6.29. The molecule has 3 rings (SSSR count). The molecule has 32 heavy (non-hydrogen) atoms. The van der Waals surface area contributed by atoms with Gasteiger partial charge in [0.15, 0.2) is 6.61 Å². The third-order valence-electron chi connectivity index (χ3n) is 4.42. The highest BCUT2D eigenvalue weighted by Gasteiger charge is 2.31. The summed E-state index contributed by atoms with van der Waals surface area (Å²) in [5, 5.41) is 12.0. The van der Waals surface area contributed by atoms with Crippen LogP contribution in [0.5, 0.6) is 11.5 Å². The van der Waals surface area contributed by atoms with Crippen molar-refractivity contribution in [2.75, 3.05) is 11.9 Å². The number of rotatable bonds is 8. The fourth-order valence-electron chi connectivity index (χ4n) is 3.13. The van der Waals surface area contributed by atoms with Crippen LogP contribution in [0.4, 0.5) is 18.9 Å². The van der Waals surface area contributed by atoms with Gasteiger partial charge in [0.1, 0.15) is 11.5 Å². The zero-order valence-corrected chi connectivity index (χ0v) is 17.6. The molecule has 0 atom stereocenters. The van der Waals surface area contributed by atoms with Crippen molar-refractivity contribution < 1.29 is 32.5 Å². The standard InChI is InChI=1S/C23H19ClF3NO4/c1-14-9-19(32-23(25,26)27)11-20(24)22(14)16-4-2-3-15(10-16)12-28-17-5-7-18(8-6-17)31-13-21(29)30/h2-11,28H,12-13H2,1H3,(H,29,30). The first-order valence-corrected chi connectivity index (χ1v) is 9.82. The number of aliphatic carboxylic acids is 1. The number of carboxylic acid groups (broad SMARTS) is 1. The van der Waals surface area contributed by atoms with Crippen LogP contribution in [0.2, 0.25) is 5.02 Å². The number of carbonyl (C=O) groups is 1. The normalized spacial score (nSPS) is 11.2. The molecule has 0 radical (unpaired) electrons. The van der Waals surface area contributed by atoms with Gasteiger partial charge in [-0.05, 0) is 66.1 Å². The molecule has 0 spiro atoms. The number of alkyl halides is 3. The maximum absolute atomic E-state index is 12.5. The molecule has 0 fully saturated rings. The van der Waals surface area contributed by atoms with E-state index in [-0.39, 0.29) is 10.8 Å². The minimum atomic E-state index is -4.79. The summed E-state index contributed by atoms with van der Waals surface area (Å²) in [5.41, 5.74) is 3.69. The molecule has 0 bridgehead atoms. The lowest BCUT2D eigenvalue weighted by molar-refractivity contribution is -0.274. The zero-order valence-electron chi connectivity index (χ0n) is 16.9. The molecule has 168 valence electrons. The van der Waals surface area contributed by atoms with E-state index in [0.717, 1.165) is 22.9 Å². The average Bonchev–Trinajstić information content (AvgIpc) is 2.70. The summed E-state index contributed by atoms with van der Waals surface area (Å²) in [7, 11) is 0. The van der Waals surface area contributed by atoms with E-state index in [1.807, 2.05) is 24.3 Å². The maximum atomic E-state index is 12.5. The van der Waals surface area contributed by atoms with Gasteiger partial charge in [0.25, 0.3) is 0 Å². The van der Waals surface area contributed by atoms with Gasteiger partial charge in [-0.3, -0.25) is 0 Å². The number of aryl methyl sites for hydroxylation is 1. The van der Waals surface area contributed by atoms with Crippen LogP contribution in [0.25, 0.3) is 11.1 Å². The summed E-state index contributed by atoms with van der Waals surface area (Å²) in [6.07, 6.45) is -4.79. The Morgan fingerprint density at radius 1 is 1.06 bits per heavy atom. The number of nitrogens with one attached hydrogen (secondary N) is 1. The Hall–Kier alpha value is -3.39. The van der Waals surface area contributed by atoms with Gasteiger partial charge in [-0.15, -0.1) is 13.2 Å². The van der Waals surface area contributed by atoms with Gasteiger partial charge in [0.05, 0.1) is 5.02 Å². The van der Waals surface area contributed by atoms with Crippen molar-refractivity contribution in [1.29, 1.82) is 0 Å². The largest absolute Gasteiger partial charge is 0.573 e. The van der Waals surface area contributed by atoms with Gasteiger partial charge in [-0.1, -0.05) is 29.8 Å². The van der Waals surface area contributed by atoms with E-state index in [1.54, 1.807) is 31.2 Å². The first-order valence-electron chi connectivity index (χ1n) is 9.44. The monoisotopic (exact) mass is 465 g/mol. The lowest BCUT2D eigenvalue weighted by Gasteiger charge is -2.15. The van der Waals surface area contributed by atoms with Crippen LogP contribution in [-0.2, 0) is 11.3 Å². The molecular formula is C23H19ClF3NO4. The lowest BCUT2D eigenvalue weighted by atomic mass is 9.98. The Morgan fingerprint density at radius 2 is 1.78 bits per heavy atom. The zero-order chi connectivity index (χ0) is 23.3. The SMILES string of the molecule is Cc1cc(OC(F)(F)F)cc(Cl)c1-c1cccc(CNc2ccc(OCC(=O)O)cc2)c1. The van der Waals surface area contributed by atoms with Crippen LogP contribution in [0.3, 0.4) is 0 Å². The van der Waals surface area contributed by atoms with Gasteiger partial charge < -0.3 is 19.9 Å². The molecule has 0 aliphatic carbocycles. The van der Waals surface area contributed by atoms with E-state index >= 15 is 0 Å². The van der Waals surface area contributed by atoms with E-state index in [1.165, 1.54) is 6.07 Å². The molecule has 0 unspecified atom stereocenters. The maximum Gasteiger partial charge on any atom is 0.573 e. The minimum absolute atomic E-state index is 0.159. The lowest BCUT2D eigenvalue weighted by Crippen LogP contribution is -2.17. The van der Waals surface area contributed by atoms with Crippen molar-refractivity contribution in [2.24, 2.45) is 0 Å². The van der Waals surface area contributed by atoms with Crippen molar-refractivity contribution in [1.82, 2.24) is 0 Å². The highest BCUT2D eigenvalue weighted by atomic mass is 35.5. The second kappa shape index (κ2) is 9.82.